The Hall–Kier alpha value is -3.84. The van der Waals surface area contributed by atoms with Gasteiger partial charge in [-0.2, -0.15) is 5.26 Å². The second-order valence-corrected chi connectivity index (χ2v) is 5.83. The Morgan fingerprint density at radius 2 is 1.65 bits per heavy atom. The van der Waals surface area contributed by atoms with Crippen molar-refractivity contribution in [3.05, 3.63) is 101 Å². The molecule has 4 nitrogen and oxygen atoms in total. The molecular weight excluding hydrogens is 322 g/mol. The largest absolute Gasteiger partial charge is 0.288 e. The molecule has 26 heavy (non-hydrogen) atoms. The number of pyridine rings is 1. The lowest BCUT2D eigenvalue weighted by atomic mass is 9.89. The monoisotopic (exact) mass is 335 g/mol. The number of carbonyl (C=O) groups excluding carboxylic acids is 1. The molecule has 1 aliphatic rings. The minimum atomic E-state index is -0.0632. The number of benzene rings is 2. The highest BCUT2D eigenvalue weighted by Crippen LogP contribution is 2.31. The van der Waals surface area contributed by atoms with Crippen molar-refractivity contribution in [1.29, 1.82) is 5.26 Å². The molecule has 122 valence electrons. The summed E-state index contributed by atoms with van der Waals surface area (Å²) in [4.78, 5) is 21.9. The first-order valence-electron chi connectivity index (χ1n) is 8.11. The van der Waals surface area contributed by atoms with Crippen LogP contribution >= 0.6 is 0 Å². The number of nitriles is 1. The minimum Gasteiger partial charge on any atom is -0.288 e. The fourth-order valence-corrected chi connectivity index (χ4v) is 2.88. The minimum absolute atomic E-state index is 0.0632. The fourth-order valence-electron chi connectivity index (χ4n) is 2.88. The zero-order chi connectivity index (χ0) is 17.9. The van der Waals surface area contributed by atoms with Gasteiger partial charge in [-0.05, 0) is 48.0 Å². The van der Waals surface area contributed by atoms with Gasteiger partial charge in [-0.25, -0.2) is 4.99 Å². The van der Waals surface area contributed by atoms with E-state index in [0.717, 1.165) is 11.1 Å². The number of hydrogen-bond donors (Lipinski definition) is 0. The number of hydrogen-bond acceptors (Lipinski definition) is 4. The maximum Gasteiger partial charge on any atom is 0.197 e. The first kappa shape index (κ1) is 15.7. The number of rotatable bonds is 2. The van der Waals surface area contributed by atoms with Crippen LogP contribution in [0, 0.1) is 11.3 Å². The number of Topliss-reactive ketones (excluding diaryl/α,β-unsaturated/α-hetero) is 1. The molecule has 0 atom stereocenters. The molecule has 0 spiro atoms. The molecule has 0 unspecified atom stereocenters. The van der Waals surface area contributed by atoms with Gasteiger partial charge in [0.2, 0.25) is 0 Å². The molecule has 4 rings (SSSR count). The third-order valence-corrected chi connectivity index (χ3v) is 4.19. The normalized spacial score (nSPS) is 14.5. The van der Waals surface area contributed by atoms with Crippen LogP contribution in [-0.4, -0.2) is 16.5 Å². The van der Waals surface area contributed by atoms with E-state index in [1.165, 1.54) is 0 Å². The number of aromatic nitrogens is 1. The van der Waals surface area contributed by atoms with Gasteiger partial charge in [-0.15, -0.1) is 0 Å². The Morgan fingerprint density at radius 1 is 0.923 bits per heavy atom. The first-order chi connectivity index (χ1) is 12.8. The average Bonchev–Trinajstić information content (AvgIpc) is 2.71. The Morgan fingerprint density at radius 3 is 2.38 bits per heavy atom. The molecule has 0 N–H and O–H groups in total. The summed E-state index contributed by atoms with van der Waals surface area (Å²) >= 11 is 0. The van der Waals surface area contributed by atoms with Gasteiger partial charge in [0.1, 0.15) is 0 Å². The molecule has 1 aromatic heterocycles. The molecule has 0 amide bonds. The van der Waals surface area contributed by atoms with Crippen molar-refractivity contribution in [2.45, 2.75) is 0 Å². The lowest BCUT2D eigenvalue weighted by Gasteiger charge is -2.18. The summed E-state index contributed by atoms with van der Waals surface area (Å²) in [7, 11) is 0. The summed E-state index contributed by atoms with van der Waals surface area (Å²) in [6, 6.07) is 20.2. The molecule has 0 fully saturated rings. The average molecular weight is 335 g/mol. The zero-order valence-electron chi connectivity index (χ0n) is 13.8. The lowest BCUT2D eigenvalue weighted by Crippen LogP contribution is -2.18. The highest BCUT2D eigenvalue weighted by molar-refractivity contribution is 6.38. The van der Waals surface area contributed by atoms with Gasteiger partial charge in [0, 0.05) is 29.1 Å². The molecule has 0 bridgehead atoms. The third-order valence-electron chi connectivity index (χ3n) is 4.19. The van der Waals surface area contributed by atoms with Crippen LogP contribution in [0.15, 0.2) is 83.6 Å². The van der Waals surface area contributed by atoms with Crippen molar-refractivity contribution in [3.63, 3.8) is 0 Å². The van der Waals surface area contributed by atoms with Crippen LogP contribution in [0.2, 0.25) is 0 Å². The molecule has 1 aliphatic heterocycles. The number of ketones is 1. The van der Waals surface area contributed by atoms with Crippen LogP contribution in [-0.2, 0) is 0 Å². The van der Waals surface area contributed by atoms with Crippen LogP contribution in [0.3, 0.4) is 0 Å². The van der Waals surface area contributed by atoms with E-state index in [1.54, 1.807) is 30.6 Å². The number of fused-ring (bicyclic) bond motifs is 1. The molecule has 0 saturated carbocycles. The number of para-hydroxylation sites is 1. The molecular formula is C22H13N3O. The molecule has 4 heteroatoms. The summed E-state index contributed by atoms with van der Waals surface area (Å²) in [5, 5.41) is 9.01. The summed E-state index contributed by atoms with van der Waals surface area (Å²) in [5.74, 6) is -0.0632. The fraction of sp³-hybridized carbons (Fsp3) is 0. The van der Waals surface area contributed by atoms with Gasteiger partial charge in [-0.3, -0.25) is 9.78 Å². The molecule has 2 heterocycles. The van der Waals surface area contributed by atoms with Crippen molar-refractivity contribution in [1.82, 2.24) is 4.98 Å². The Labute approximate surface area is 150 Å². The standard InChI is InChI=1S/C22H13N3O/c23-14-16-5-7-17(8-6-16)21-19(13-15-9-11-24-12-10-15)22(26)18-3-1-2-4-20(18)25-21/h1-13H/b19-13-. The number of allylic oxidation sites excluding steroid dienone is 1. The lowest BCUT2D eigenvalue weighted by molar-refractivity contribution is 0.104. The third kappa shape index (κ3) is 2.83. The van der Waals surface area contributed by atoms with Crippen LogP contribution in [0.5, 0.6) is 0 Å². The molecule has 2 aromatic carbocycles. The Balaban J connectivity index is 1.91. The highest BCUT2D eigenvalue weighted by atomic mass is 16.1. The first-order valence-corrected chi connectivity index (χ1v) is 8.11. The quantitative estimate of drug-likeness (QED) is 0.654. The maximum atomic E-state index is 13.1. The number of carbonyl (C=O) groups is 1. The second-order valence-electron chi connectivity index (χ2n) is 5.83. The van der Waals surface area contributed by atoms with E-state index < -0.39 is 0 Å². The smallest absolute Gasteiger partial charge is 0.197 e. The number of nitrogens with zero attached hydrogens (tertiary/aromatic N) is 3. The van der Waals surface area contributed by atoms with E-state index in [1.807, 2.05) is 48.5 Å². The Kier molecular flexibility index (Phi) is 3.97. The highest BCUT2D eigenvalue weighted by Gasteiger charge is 2.26. The zero-order valence-corrected chi connectivity index (χ0v) is 13.8. The summed E-state index contributed by atoms with van der Waals surface area (Å²) in [6.07, 6.45) is 5.20. The van der Waals surface area contributed by atoms with Crippen molar-refractivity contribution >= 4 is 23.3 Å². The van der Waals surface area contributed by atoms with Gasteiger partial charge in [0.15, 0.2) is 5.78 Å². The predicted octanol–water partition coefficient (Wildman–Crippen LogP) is 4.35. The van der Waals surface area contributed by atoms with Gasteiger partial charge in [-0.1, -0.05) is 24.3 Å². The molecule has 0 radical (unpaired) electrons. The molecule has 0 aliphatic carbocycles. The van der Waals surface area contributed by atoms with Gasteiger partial charge in [0.05, 0.1) is 23.0 Å². The van der Waals surface area contributed by atoms with Crippen molar-refractivity contribution in [3.8, 4) is 6.07 Å². The van der Waals surface area contributed by atoms with Crippen LogP contribution in [0.25, 0.3) is 6.08 Å². The number of aliphatic imine (C=N–C) groups is 1. The Bertz CT molecular complexity index is 1090. The summed E-state index contributed by atoms with van der Waals surface area (Å²) in [6.45, 7) is 0. The van der Waals surface area contributed by atoms with Crippen LogP contribution < -0.4 is 0 Å². The van der Waals surface area contributed by atoms with Gasteiger partial charge >= 0.3 is 0 Å². The SMILES string of the molecule is N#Cc1ccc(C2=Nc3ccccc3C(=O)/C2=C\c2ccncc2)cc1. The molecule has 3 aromatic rings. The summed E-state index contributed by atoms with van der Waals surface area (Å²) < 4.78 is 0. The van der Waals surface area contributed by atoms with Gasteiger partial charge in [0.25, 0.3) is 0 Å². The van der Waals surface area contributed by atoms with Crippen LogP contribution in [0.4, 0.5) is 5.69 Å². The van der Waals surface area contributed by atoms with Gasteiger partial charge < -0.3 is 0 Å². The predicted molar refractivity (Wildman–Crippen MR) is 100 cm³/mol. The van der Waals surface area contributed by atoms with E-state index in [2.05, 4.69) is 11.1 Å². The van der Waals surface area contributed by atoms with Crippen molar-refractivity contribution in [2.75, 3.05) is 0 Å². The topological polar surface area (TPSA) is 66.1 Å². The maximum absolute atomic E-state index is 13.1. The van der Waals surface area contributed by atoms with E-state index in [0.29, 0.717) is 28.1 Å². The van der Waals surface area contributed by atoms with Crippen LogP contribution in [0.1, 0.15) is 27.0 Å². The van der Waals surface area contributed by atoms with Crippen molar-refractivity contribution in [2.24, 2.45) is 4.99 Å². The van der Waals surface area contributed by atoms with E-state index >= 15 is 0 Å². The summed E-state index contributed by atoms with van der Waals surface area (Å²) in [5.41, 5.74) is 4.62. The second kappa shape index (κ2) is 6.58. The van der Waals surface area contributed by atoms with E-state index in [4.69, 9.17) is 10.3 Å². The van der Waals surface area contributed by atoms with E-state index in [-0.39, 0.29) is 5.78 Å². The van der Waals surface area contributed by atoms with E-state index in [9.17, 15) is 4.79 Å². The van der Waals surface area contributed by atoms with Crippen molar-refractivity contribution < 1.29 is 4.79 Å². The molecule has 0 saturated heterocycles.